The molecule has 0 saturated carbocycles. The van der Waals surface area contributed by atoms with Crippen LogP contribution in [0.1, 0.15) is 42.3 Å². The fourth-order valence-corrected chi connectivity index (χ4v) is 3.01. The Bertz CT molecular complexity index is 653. The van der Waals surface area contributed by atoms with Crippen LogP contribution >= 0.6 is 0 Å². The van der Waals surface area contributed by atoms with Crippen molar-refractivity contribution in [2.24, 2.45) is 7.05 Å². The van der Waals surface area contributed by atoms with Crippen LogP contribution in [0.2, 0.25) is 0 Å². The van der Waals surface area contributed by atoms with Crippen LogP contribution in [0.3, 0.4) is 0 Å². The molecule has 0 saturated heterocycles. The van der Waals surface area contributed by atoms with Gasteiger partial charge in [-0.05, 0) is 31.7 Å². The average molecular weight is 289 g/mol. The topological polar surface area (TPSA) is 39.1 Å². The van der Waals surface area contributed by atoms with Crippen LogP contribution in [0.15, 0.2) is 24.4 Å². The fraction of sp³-hybridized carbons (Fsp3) is 0.438. The lowest BCUT2D eigenvalue weighted by Crippen LogP contribution is -2.29. The Kier molecular flexibility index (Phi) is 3.68. The first kappa shape index (κ1) is 14.1. The van der Waals surface area contributed by atoms with Crippen molar-refractivity contribution in [1.29, 1.82) is 0 Å². The quantitative estimate of drug-likeness (QED) is 0.944. The lowest BCUT2D eigenvalue weighted by Gasteiger charge is -2.32. The lowest BCUT2D eigenvalue weighted by molar-refractivity contribution is 0.151. The van der Waals surface area contributed by atoms with E-state index in [1.807, 2.05) is 20.2 Å². The highest BCUT2D eigenvalue weighted by molar-refractivity contribution is 5.40. The molecule has 2 atom stereocenters. The third kappa shape index (κ3) is 2.65. The molecule has 5 heteroatoms. The van der Waals surface area contributed by atoms with Gasteiger partial charge in [-0.1, -0.05) is 6.92 Å². The number of ether oxygens (including phenoxy) is 1. The van der Waals surface area contributed by atoms with Crippen LogP contribution < -0.4 is 10.1 Å². The molecule has 4 nitrogen and oxygen atoms in total. The van der Waals surface area contributed by atoms with Gasteiger partial charge in [-0.3, -0.25) is 4.68 Å². The summed E-state index contributed by atoms with van der Waals surface area (Å²) in [5.74, 6) is 0.526. The maximum absolute atomic E-state index is 13.5. The number of rotatable bonds is 3. The summed E-state index contributed by atoms with van der Waals surface area (Å²) in [6.07, 6.45) is 2.72. The van der Waals surface area contributed by atoms with Crippen molar-refractivity contribution in [3.8, 4) is 5.75 Å². The highest BCUT2D eigenvalue weighted by Crippen LogP contribution is 2.41. The minimum Gasteiger partial charge on any atom is -0.485 e. The van der Waals surface area contributed by atoms with E-state index in [0.717, 1.165) is 35.5 Å². The number of benzene rings is 1. The molecule has 1 aliphatic rings. The zero-order valence-electron chi connectivity index (χ0n) is 12.6. The summed E-state index contributed by atoms with van der Waals surface area (Å²) >= 11 is 0. The Labute approximate surface area is 123 Å². The predicted molar refractivity (Wildman–Crippen MR) is 78.7 cm³/mol. The van der Waals surface area contributed by atoms with E-state index < -0.39 is 0 Å². The maximum atomic E-state index is 13.5. The number of hydrogen-bond donors (Lipinski definition) is 1. The van der Waals surface area contributed by atoms with Gasteiger partial charge in [0.15, 0.2) is 0 Å². The summed E-state index contributed by atoms with van der Waals surface area (Å²) in [5, 5.41) is 7.80. The first-order valence-electron chi connectivity index (χ1n) is 7.28. The van der Waals surface area contributed by atoms with Gasteiger partial charge in [0.1, 0.15) is 17.7 Å². The van der Waals surface area contributed by atoms with Crippen LogP contribution in [-0.4, -0.2) is 16.3 Å². The number of fused-ring (bicyclic) bond motifs is 1. The van der Waals surface area contributed by atoms with Crippen molar-refractivity contribution < 1.29 is 9.13 Å². The molecule has 1 aromatic carbocycles. The van der Waals surface area contributed by atoms with Gasteiger partial charge in [0.25, 0.3) is 0 Å². The molecule has 0 aliphatic carbocycles. The smallest absolute Gasteiger partial charge is 0.129 e. The zero-order valence-corrected chi connectivity index (χ0v) is 12.6. The Morgan fingerprint density at radius 3 is 2.90 bits per heavy atom. The fourth-order valence-electron chi connectivity index (χ4n) is 3.01. The van der Waals surface area contributed by atoms with Gasteiger partial charge >= 0.3 is 0 Å². The number of halogens is 1. The zero-order chi connectivity index (χ0) is 15.0. The second-order valence-corrected chi connectivity index (χ2v) is 5.48. The van der Waals surface area contributed by atoms with E-state index >= 15 is 0 Å². The Hall–Kier alpha value is -1.88. The minimum absolute atomic E-state index is 0.0549. The second kappa shape index (κ2) is 5.48. The van der Waals surface area contributed by atoms with Crippen LogP contribution in [0.4, 0.5) is 4.39 Å². The summed E-state index contributed by atoms with van der Waals surface area (Å²) < 4.78 is 21.4. The molecule has 112 valence electrons. The van der Waals surface area contributed by atoms with Crippen LogP contribution in [0, 0.1) is 12.7 Å². The molecular formula is C16H20FN3O. The third-order valence-corrected chi connectivity index (χ3v) is 3.92. The van der Waals surface area contributed by atoms with Crippen molar-refractivity contribution in [1.82, 2.24) is 15.1 Å². The molecule has 1 aromatic heterocycles. The highest BCUT2D eigenvalue weighted by atomic mass is 19.1. The molecule has 2 heterocycles. The van der Waals surface area contributed by atoms with E-state index in [9.17, 15) is 4.39 Å². The molecule has 0 radical (unpaired) electrons. The number of nitrogens with one attached hydrogen (secondary N) is 1. The third-order valence-electron chi connectivity index (χ3n) is 3.92. The molecule has 0 amide bonds. The van der Waals surface area contributed by atoms with Gasteiger partial charge in [-0.15, -0.1) is 0 Å². The minimum atomic E-state index is -0.226. The average Bonchev–Trinajstić information content (AvgIpc) is 2.78. The summed E-state index contributed by atoms with van der Waals surface area (Å²) in [7, 11) is 1.91. The summed E-state index contributed by atoms with van der Waals surface area (Å²) in [6.45, 7) is 4.87. The summed E-state index contributed by atoms with van der Waals surface area (Å²) in [5.41, 5.74) is 2.97. The van der Waals surface area contributed by atoms with Crippen LogP contribution in [-0.2, 0) is 7.05 Å². The van der Waals surface area contributed by atoms with Crippen molar-refractivity contribution in [2.45, 2.75) is 32.4 Å². The predicted octanol–water partition coefficient (Wildman–Crippen LogP) is 3.04. The van der Waals surface area contributed by atoms with E-state index in [2.05, 4.69) is 17.3 Å². The van der Waals surface area contributed by atoms with Gasteiger partial charge in [-0.25, -0.2) is 4.39 Å². The van der Waals surface area contributed by atoms with E-state index in [1.165, 1.54) is 6.07 Å². The van der Waals surface area contributed by atoms with Crippen LogP contribution in [0.25, 0.3) is 0 Å². The molecular weight excluding hydrogens is 269 g/mol. The van der Waals surface area contributed by atoms with Crippen LogP contribution in [0.5, 0.6) is 5.75 Å². The van der Waals surface area contributed by atoms with Gasteiger partial charge in [0.05, 0.1) is 5.69 Å². The highest BCUT2D eigenvalue weighted by Gasteiger charge is 2.30. The van der Waals surface area contributed by atoms with Crippen molar-refractivity contribution >= 4 is 0 Å². The molecule has 21 heavy (non-hydrogen) atoms. The van der Waals surface area contributed by atoms with Gasteiger partial charge in [-0.2, -0.15) is 5.10 Å². The summed E-state index contributed by atoms with van der Waals surface area (Å²) in [6, 6.07) is 4.82. The normalized spacial score (nSPS) is 21.0. The Morgan fingerprint density at radius 2 is 2.24 bits per heavy atom. The van der Waals surface area contributed by atoms with E-state index in [1.54, 1.807) is 16.8 Å². The van der Waals surface area contributed by atoms with Crippen molar-refractivity contribution in [3.05, 3.63) is 47.0 Å². The monoisotopic (exact) mass is 289 g/mol. The van der Waals surface area contributed by atoms with Crippen molar-refractivity contribution in [2.75, 3.05) is 6.54 Å². The lowest BCUT2D eigenvalue weighted by atomic mass is 9.93. The van der Waals surface area contributed by atoms with Gasteiger partial charge in [0, 0.05) is 36.8 Å². The van der Waals surface area contributed by atoms with E-state index in [4.69, 9.17) is 4.74 Å². The van der Waals surface area contributed by atoms with Gasteiger partial charge < -0.3 is 10.1 Å². The SMILES string of the molecule is CCNC1CC(c2cn(C)nc2C)Oc2ccc(F)cc21. The Balaban J connectivity index is 1.97. The maximum Gasteiger partial charge on any atom is 0.129 e. The number of nitrogens with zero attached hydrogens (tertiary/aromatic N) is 2. The van der Waals surface area contributed by atoms with Crippen molar-refractivity contribution in [3.63, 3.8) is 0 Å². The number of aryl methyl sites for hydroxylation is 2. The molecule has 0 fully saturated rings. The molecule has 3 rings (SSSR count). The van der Waals surface area contributed by atoms with E-state index in [0.29, 0.717) is 0 Å². The second-order valence-electron chi connectivity index (χ2n) is 5.48. The largest absolute Gasteiger partial charge is 0.485 e. The molecule has 0 bridgehead atoms. The number of aromatic nitrogens is 2. The van der Waals surface area contributed by atoms with E-state index in [-0.39, 0.29) is 18.0 Å². The first-order valence-corrected chi connectivity index (χ1v) is 7.28. The molecule has 0 spiro atoms. The summed E-state index contributed by atoms with van der Waals surface area (Å²) in [4.78, 5) is 0. The Morgan fingerprint density at radius 1 is 1.43 bits per heavy atom. The van der Waals surface area contributed by atoms with Gasteiger partial charge in [0.2, 0.25) is 0 Å². The molecule has 1 N–H and O–H groups in total. The molecule has 2 unspecified atom stereocenters. The number of hydrogen-bond acceptors (Lipinski definition) is 3. The molecule has 1 aliphatic heterocycles. The standard InChI is InChI=1S/C16H20FN3O/c1-4-18-14-8-16(13-9-20(3)19-10(13)2)21-15-6-5-11(17)7-12(14)15/h5-7,9,14,16,18H,4,8H2,1-3H3. The first-order chi connectivity index (χ1) is 10.1. The molecule has 2 aromatic rings.